The number of hydrogen-bond acceptors (Lipinski definition) is 5. The van der Waals surface area contributed by atoms with E-state index in [1.54, 1.807) is 11.8 Å². The quantitative estimate of drug-likeness (QED) is 0.750. The van der Waals surface area contributed by atoms with E-state index in [0.29, 0.717) is 5.92 Å². The number of carboxylic acid groups (broad SMARTS) is 1. The fourth-order valence-electron chi connectivity index (χ4n) is 3.17. The lowest BCUT2D eigenvalue weighted by Crippen LogP contribution is -2.38. The van der Waals surface area contributed by atoms with Crippen molar-refractivity contribution in [2.45, 2.75) is 29.9 Å². The van der Waals surface area contributed by atoms with Crippen LogP contribution in [-0.4, -0.2) is 29.3 Å². The number of nitrogens with zero attached hydrogens (tertiary/aromatic N) is 1. The fraction of sp³-hybridized carbons (Fsp3) is 0.444. The van der Waals surface area contributed by atoms with Gasteiger partial charge in [-0.1, -0.05) is 23.4 Å². The molecule has 5 nitrogen and oxygen atoms in total. The molecule has 0 amide bonds. The number of carbonyl (C=O) groups is 1. The van der Waals surface area contributed by atoms with Crippen molar-refractivity contribution in [1.82, 2.24) is 10.5 Å². The number of piperidine rings is 1. The van der Waals surface area contributed by atoms with Crippen LogP contribution in [0.3, 0.4) is 0 Å². The maximum absolute atomic E-state index is 11.0. The molecule has 1 saturated heterocycles. The largest absolute Gasteiger partial charge is 0.481 e. The molecule has 2 atom stereocenters. The van der Waals surface area contributed by atoms with Gasteiger partial charge in [0.05, 0.1) is 11.4 Å². The van der Waals surface area contributed by atoms with Gasteiger partial charge in [0, 0.05) is 17.4 Å². The van der Waals surface area contributed by atoms with Gasteiger partial charge in [-0.2, -0.15) is 0 Å². The first-order valence-electron chi connectivity index (χ1n) is 8.25. The third-order valence-corrected chi connectivity index (χ3v) is 5.44. The lowest BCUT2D eigenvalue weighted by molar-refractivity contribution is -0.138. The highest BCUT2D eigenvalue weighted by Crippen LogP contribution is 2.27. The van der Waals surface area contributed by atoms with Gasteiger partial charge in [0.15, 0.2) is 0 Å². The maximum Gasteiger partial charge on any atom is 0.303 e. The van der Waals surface area contributed by atoms with Gasteiger partial charge in [-0.05, 0) is 49.9 Å². The summed E-state index contributed by atoms with van der Waals surface area (Å²) >= 11 is 1.72. The standard InChI is InChI=1S/C18H22N2O3S/c21-18(22)9-13-6-7-19-11-14(13)8-15-10-16(23-20-15)12-24-17-4-2-1-3-5-17/h1-5,10,13-14,19H,6-9,11-12H2,(H,21,22). The summed E-state index contributed by atoms with van der Waals surface area (Å²) in [4.78, 5) is 12.2. The van der Waals surface area contributed by atoms with E-state index in [1.165, 1.54) is 4.90 Å². The van der Waals surface area contributed by atoms with Crippen molar-refractivity contribution in [3.05, 3.63) is 47.9 Å². The Bertz CT molecular complexity index is 659. The molecule has 1 aliphatic rings. The van der Waals surface area contributed by atoms with Crippen molar-refractivity contribution in [2.75, 3.05) is 13.1 Å². The lowest BCUT2D eigenvalue weighted by atomic mass is 9.81. The van der Waals surface area contributed by atoms with E-state index in [0.717, 1.165) is 43.1 Å². The topological polar surface area (TPSA) is 75.4 Å². The van der Waals surface area contributed by atoms with E-state index in [4.69, 9.17) is 9.63 Å². The molecular formula is C18H22N2O3S. The first-order chi connectivity index (χ1) is 11.7. The molecule has 1 aromatic heterocycles. The van der Waals surface area contributed by atoms with Crippen molar-refractivity contribution >= 4 is 17.7 Å². The summed E-state index contributed by atoms with van der Waals surface area (Å²) in [7, 11) is 0. The van der Waals surface area contributed by atoms with Crippen LogP contribution in [0.25, 0.3) is 0 Å². The summed E-state index contributed by atoms with van der Waals surface area (Å²) < 4.78 is 5.44. The van der Waals surface area contributed by atoms with Gasteiger partial charge in [-0.25, -0.2) is 0 Å². The second-order valence-electron chi connectivity index (χ2n) is 6.20. The predicted octanol–water partition coefficient (Wildman–Crippen LogP) is 3.21. The van der Waals surface area contributed by atoms with Gasteiger partial charge in [-0.3, -0.25) is 4.79 Å². The minimum atomic E-state index is -0.716. The molecule has 1 aromatic carbocycles. The Kier molecular flexibility index (Phi) is 5.93. The minimum absolute atomic E-state index is 0.211. The molecular weight excluding hydrogens is 324 g/mol. The van der Waals surface area contributed by atoms with Crippen molar-refractivity contribution in [1.29, 1.82) is 0 Å². The number of aliphatic carboxylic acids is 1. The summed E-state index contributed by atoms with van der Waals surface area (Å²) in [5, 5.41) is 16.6. The molecule has 2 unspecified atom stereocenters. The molecule has 0 bridgehead atoms. The van der Waals surface area contributed by atoms with Crippen molar-refractivity contribution in [3.63, 3.8) is 0 Å². The zero-order chi connectivity index (χ0) is 16.8. The third-order valence-electron chi connectivity index (χ3n) is 4.41. The van der Waals surface area contributed by atoms with Crippen LogP contribution in [0, 0.1) is 11.8 Å². The molecule has 1 aliphatic heterocycles. The Morgan fingerprint density at radius 2 is 2.17 bits per heavy atom. The number of thioether (sulfide) groups is 1. The Balaban J connectivity index is 1.55. The van der Waals surface area contributed by atoms with Crippen LogP contribution in [0.4, 0.5) is 0 Å². The summed E-state index contributed by atoms with van der Waals surface area (Å²) in [6.07, 6.45) is 1.91. The van der Waals surface area contributed by atoms with E-state index >= 15 is 0 Å². The zero-order valence-electron chi connectivity index (χ0n) is 13.5. The highest BCUT2D eigenvalue weighted by molar-refractivity contribution is 7.98. The highest BCUT2D eigenvalue weighted by atomic mass is 32.2. The number of carboxylic acids is 1. The Hall–Kier alpha value is -1.79. The summed E-state index contributed by atoms with van der Waals surface area (Å²) in [6.45, 7) is 1.74. The molecule has 0 aliphatic carbocycles. The molecule has 6 heteroatoms. The average Bonchev–Trinajstić information content (AvgIpc) is 3.03. The van der Waals surface area contributed by atoms with Crippen LogP contribution < -0.4 is 5.32 Å². The van der Waals surface area contributed by atoms with Gasteiger partial charge < -0.3 is 14.9 Å². The molecule has 24 heavy (non-hydrogen) atoms. The molecule has 2 aromatic rings. The zero-order valence-corrected chi connectivity index (χ0v) is 14.3. The molecule has 1 fully saturated rings. The third kappa shape index (κ3) is 4.85. The summed E-state index contributed by atoms with van der Waals surface area (Å²) in [5.41, 5.74) is 0.919. The van der Waals surface area contributed by atoms with Gasteiger partial charge >= 0.3 is 5.97 Å². The second kappa shape index (κ2) is 8.35. The molecule has 128 valence electrons. The summed E-state index contributed by atoms with van der Waals surface area (Å²) in [5.74, 6) is 1.40. The van der Waals surface area contributed by atoms with Gasteiger partial charge in [-0.15, -0.1) is 11.8 Å². The number of nitrogens with one attached hydrogen (secondary N) is 1. The van der Waals surface area contributed by atoms with Crippen LogP contribution >= 0.6 is 11.8 Å². The van der Waals surface area contributed by atoms with Gasteiger partial charge in [0.2, 0.25) is 0 Å². The first-order valence-corrected chi connectivity index (χ1v) is 9.24. The monoisotopic (exact) mass is 346 g/mol. The predicted molar refractivity (Wildman–Crippen MR) is 92.9 cm³/mol. The first kappa shape index (κ1) is 17.0. The van der Waals surface area contributed by atoms with E-state index in [2.05, 4.69) is 22.6 Å². The van der Waals surface area contributed by atoms with E-state index in [-0.39, 0.29) is 12.3 Å². The van der Waals surface area contributed by atoms with E-state index in [1.807, 2.05) is 24.3 Å². The highest BCUT2D eigenvalue weighted by Gasteiger charge is 2.28. The van der Waals surface area contributed by atoms with E-state index < -0.39 is 5.97 Å². The smallest absolute Gasteiger partial charge is 0.303 e. The Morgan fingerprint density at radius 1 is 1.33 bits per heavy atom. The normalized spacial score (nSPS) is 20.8. The number of benzene rings is 1. The molecule has 2 N–H and O–H groups in total. The Morgan fingerprint density at radius 3 is 2.96 bits per heavy atom. The molecule has 0 spiro atoms. The average molecular weight is 346 g/mol. The Labute approximate surface area is 145 Å². The van der Waals surface area contributed by atoms with E-state index in [9.17, 15) is 4.79 Å². The number of hydrogen-bond donors (Lipinski definition) is 2. The van der Waals surface area contributed by atoms with Crippen LogP contribution in [0.2, 0.25) is 0 Å². The van der Waals surface area contributed by atoms with Gasteiger partial charge in [0.25, 0.3) is 0 Å². The van der Waals surface area contributed by atoms with Gasteiger partial charge in [0.1, 0.15) is 5.76 Å². The van der Waals surface area contributed by atoms with Crippen LogP contribution in [0.1, 0.15) is 24.3 Å². The fourth-order valence-corrected chi connectivity index (χ4v) is 3.96. The molecule has 0 saturated carbocycles. The minimum Gasteiger partial charge on any atom is -0.481 e. The molecule has 3 rings (SSSR count). The van der Waals surface area contributed by atoms with Crippen LogP contribution in [0.5, 0.6) is 0 Å². The van der Waals surface area contributed by atoms with Crippen molar-refractivity contribution < 1.29 is 14.4 Å². The van der Waals surface area contributed by atoms with Crippen LogP contribution in [-0.2, 0) is 17.0 Å². The SMILES string of the molecule is O=C(O)CC1CCNCC1Cc1cc(CSc2ccccc2)on1. The lowest BCUT2D eigenvalue weighted by Gasteiger charge is -2.30. The van der Waals surface area contributed by atoms with Crippen molar-refractivity contribution in [3.8, 4) is 0 Å². The molecule has 2 heterocycles. The maximum atomic E-state index is 11.0. The number of rotatable bonds is 7. The number of aromatic nitrogens is 1. The molecule has 0 radical (unpaired) electrons. The summed E-state index contributed by atoms with van der Waals surface area (Å²) in [6, 6.07) is 12.2. The second-order valence-corrected chi connectivity index (χ2v) is 7.25. The van der Waals surface area contributed by atoms with Crippen molar-refractivity contribution in [2.24, 2.45) is 11.8 Å². The van der Waals surface area contributed by atoms with Crippen LogP contribution in [0.15, 0.2) is 45.8 Å².